The molecule has 2 N–H and O–H groups in total. The number of amides is 1. The van der Waals surface area contributed by atoms with E-state index in [0.29, 0.717) is 12.5 Å². The first-order chi connectivity index (χ1) is 14.6. The molecule has 2 aromatic heterocycles. The summed E-state index contributed by atoms with van der Waals surface area (Å²) >= 11 is 3.20. The van der Waals surface area contributed by atoms with E-state index in [1.54, 1.807) is 22.9 Å². The number of benzene rings is 1. The Labute approximate surface area is 185 Å². The summed E-state index contributed by atoms with van der Waals surface area (Å²) in [6.07, 6.45) is 3.67. The summed E-state index contributed by atoms with van der Waals surface area (Å²) in [6, 6.07) is 12.5. The van der Waals surface area contributed by atoms with E-state index in [9.17, 15) is 9.90 Å². The third-order valence-corrected chi connectivity index (χ3v) is 7.88. The number of piperidine rings is 1. The molecule has 7 heteroatoms. The fourth-order valence-electron chi connectivity index (χ4n) is 4.16. The highest BCUT2D eigenvalue weighted by molar-refractivity contribution is 7.13. The fourth-order valence-corrected chi connectivity index (χ4v) is 5.99. The Hall–Kier alpha value is -1.80. The van der Waals surface area contributed by atoms with E-state index in [2.05, 4.69) is 34.5 Å². The number of carbonyl (C=O) groups excluding carboxylic acids is 1. The SMILES string of the molecule is CC(=O)NCc1ccc(C(O)CCCN2CCC(c3nsc4ccccc34)CC2)s1. The summed E-state index contributed by atoms with van der Waals surface area (Å²) in [5, 5.41) is 14.6. The second-order valence-corrected chi connectivity index (χ2v) is 10.1. The molecular weight excluding hydrogens is 414 g/mol. The molecule has 1 fully saturated rings. The molecular formula is C23H29N3O2S2. The summed E-state index contributed by atoms with van der Waals surface area (Å²) in [5.41, 5.74) is 1.29. The van der Waals surface area contributed by atoms with Crippen molar-refractivity contribution >= 4 is 38.9 Å². The summed E-state index contributed by atoms with van der Waals surface area (Å²) in [7, 11) is 0. The van der Waals surface area contributed by atoms with Crippen LogP contribution < -0.4 is 5.32 Å². The van der Waals surface area contributed by atoms with Crippen LogP contribution in [-0.2, 0) is 11.3 Å². The number of hydrogen-bond donors (Lipinski definition) is 2. The van der Waals surface area contributed by atoms with Gasteiger partial charge in [0, 0.05) is 28.0 Å². The average molecular weight is 444 g/mol. The van der Waals surface area contributed by atoms with Crippen molar-refractivity contribution in [1.82, 2.24) is 14.6 Å². The fraction of sp³-hybridized carbons (Fsp3) is 0.478. The van der Waals surface area contributed by atoms with Gasteiger partial charge >= 0.3 is 0 Å². The number of hydrogen-bond acceptors (Lipinski definition) is 6. The van der Waals surface area contributed by atoms with Crippen molar-refractivity contribution in [3.05, 3.63) is 51.8 Å². The van der Waals surface area contributed by atoms with Crippen molar-refractivity contribution < 1.29 is 9.90 Å². The highest BCUT2D eigenvalue weighted by Crippen LogP contribution is 2.34. The van der Waals surface area contributed by atoms with Gasteiger partial charge < -0.3 is 15.3 Å². The lowest BCUT2D eigenvalue weighted by atomic mass is 9.91. The van der Waals surface area contributed by atoms with Gasteiger partial charge in [0.25, 0.3) is 0 Å². The van der Waals surface area contributed by atoms with Gasteiger partial charge in [0.1, 0.15) is 0 Å². The molecule has 0 radical (unpaired) electrons. The van der Waals surface area contributed by atoms with Crippen molar-refractivity contribution in [2.75, 3.05) is 19.6 Å². The van der Waals surface area contributed by atoms with E-state index >= 15 is 0 Å². The topological polar surface area (TPSA) is 65.5 Å². The van der Waals surface area contributed by atoms with Gasteiger partial charge in [-0.15, -0.1) is 11.3 Å². The van der Waals surface area contributed by atoms with Crippen LogP contribution in [0, 0.1) is 0 Å². The molecule has 1 aromatic carbocycles. The Morgan fingerprint density at radius 2 is 2.07 bits per heavy atom. The molecule has 0 spiro atoms. The molecule has 1 saturated heterocycles. The lowest BCUT2D eigenvalue weighted by Crippen LogP contribution is -2.33. The summed E-state index contributed by atoms with van der Waals surface area (Å²) < 4.78 is 6.05. The number of nitrogens with zero attached hydrogens (tertiary/aromatic N) is 2. The normalized spacial score (nSPS) is 16.7. The maximum Gasteiger partial charge on any atom is 0.217 e. The molecule has 160 valence electrons. The van der Waals surface area contributed by atoms with E-state index in [0.717, 1.165) is 55.1 Å². The summed E-state index contributed by atoms with van der Waals surface area (Å²) in [6.45, 7) is 5.30. The van der Waals surface area contributed by atoms with E-state index in [1.165, 1.54) is 22.7 Å². The van der Waals surface area contributed by atoms with Crippen molar-refractivity contribution in [3.63, 3.8) is 0 Å². The zero-order valence-corrected chi connectivity index (χ0v) is 19.0. The number of thiophene rings is 1. The maximum atomic E-state index is 11.0. The Morgan fingerprint density at radius 1 is 1.27 bits per heavy atom. The highest BCUT2D eigenvalue weighted by Gasteiger charge is 2.24. The van der Waals surface area contributed by atoms with Crippen molar-refractivity contribution in [3.8, 4) is 0 Å². The molecule has 5 nitrogen and oxygen atoms in total. The maximum absolute atomic E-state index is 11.0. The van der Waals surface area contributed by atoms with Gasteiger partial charge in [-0.25, -0.2) is 0 Å². The number of likely N-dealkylation sites (tertiary alicyclic amines) is 1. The molecule has 0 bridgehead atoms. The van der Waals surface area contributed by atoms with Crippen LogP contribution in [0.25, 0.3) is 10.1 Å². The average Bonchev–Trinajstić information content (AvgIpc) is 3.40. The van der Waals surface area contributed by atoms with Gasteiger partial charge in [-0.3, -0.25) is 4.79 Å². The Morgan fingerprint density at radius 3 is 2.87 bits per heavy atom. The van der Waals surface area contributed by atoms with E-state index in [1.807, 2.05) is 12.1 Å². The molecule has 0 aliphatic carbocycles. The monoisotopic (exact) mass is 443 g/mol. The zero-order chi connectivity index (χ0) is 20.9. The van der Waals surface area contributed by atoms with Gasteiger partial charge in [0.15, 0.2) is 0 Å². The minimum atomic E-state index is -0.417. The predicted octanol–water partition coefficient (Wildman–Crippen LogP) is 4.69. The minimum Gasteiger partial charge on any atom is -0.388 e. The van der Waals surface area contributed by atoms with Crippen LogP contribution in [-0.4, -0.2) is 39.9 Å². The van der Waals surface area contributed by atoms with Crippen LogP contribution >= 0.6 is 22.9 Å². The molecule has 0 saturated carbocycles. The van der Waals surface area contributed by atoms with Crippen molar-refractivity contribution in [2.45, 2.75) is 51.2 Å². The number of fused-ring (bicyclic) bond motifs is 1. The molecule has 4 rings (SSSR count). The van der Waals surface area contributed by atoms with Crippen LogP contribution in [0.1, 0.15) is 60.1 Å². The first kappa shape index (κ1) is 21.4. The molecule has 1 atom stereocenters. The Kier molecular flexibility index (Phi) is 7.15. The van der Waals surface area contributed by atoms with Crippen LogP contribution in [0.3, 0.4) is 0 Å². The first-order valence-corrected chi connectivity index (χ1v) is 12.3. The number of rotatable bonds is 8. The van der Waals surface area contributed by atoms with E-state index < -0.39 is 6.10 Å². The number of carbonyl (C=O) groups is 1. The number of aliphatic hydroxyl groups excluding tert-OH is 1. The second kappa shape index (κ2) is 10.0. The van der Waals surface area contributed by atoms with Gasteiger partial charge in [-0.05, 0) is 75.0 Å². The number of aliphatic hydroxyl groups is 1. The third-order valence-electron chi connectivity index (χ3n) is 5.85. The van der Waals surface area contributed by atoms with Crippen LogP contribution in [0.2, 0.25) is 0 Å². The van der Waals surface area contributed by atoms with Gasteiger partial charge in [0.05, 0.1) is 23.0 Å². The molecule has 1 aliphatic heterocycles. The van der Waals surface area contributed by atoms with Crippen molar-refractivity contribution in [2.24, 2.45) is 0 Å². The van der Waals surface area contributed by atoms with E-state index in [4.69, 9.17) is 4.37 Å². The standard InChI is InChI=1S/C23H29N3O2S2/c1-16(27)24-15-18-8-9-22(29-18)20(28)6-4-12-26-13-10-17(11-14-26)23-19-5-2-3-7-21(19)30-25-23/h2-3,5,7-9,17,20,28H,4,6,10-15H2,1H3,(H,24,27). The molecule has 3 aromatic rings. The van der Waals surface area contributed by atoms with Crippen LogP contribution in [0.5, 0.6) is 0 Å². The number of nitrogens with one attached hydrogen (secondary N) is 1. The molecule has 1 unspecified atom stereocenters. The molecule has 1 amide bonds. The smallest absolute Gasteiger partial charge is 0.217 e. The Balaban J connectivity index is 1.20. The minimum absolute atomic E-state index is 0.0303. The highest BCUT2D eigenvalue weighted by atomic mass is 32.1. The predicted molar refractivity (Wildman–Crippen MR) is 124 cm³/mol. The largest absolute Gasteiger partial charge is 0.388 e. The van der Waals surface area contributed by atoms with Gasteiger partial charge in [-0.2, -0.15) is 4.37 Å². The molecule has 1 aliphatic rings. The molecule has 30 heavy (non-hydrogen) atoms. The van der Waals surface area contributed by atoms with Crippen LogP contribution in [0.15, 0.2) is 36.4 Å². The lowest BCUT2D eigenvalue weighted by molar-refractivity contribution is -0.119. The summed E-state index contributed by atoms with van der Waals surface area (Å²) in [4.78, 5) is 15.6. The van der Waals surface area contributed by atoms with Gasteiger partial charge in [-0.1, -0.05) is 18.2 Å². The van der Waals surface area contributed by atoms with Crippen molar-refractivity contribution in [1.29, 1.82) is 0 Å². The Bertz CT molecular complexity index is 976. The quantitative estimate of drug-likeness (QED) is 0.530. The molecule has 3 heterocycles. The second-order valence-electron chi connectivity index (χ2n) is 8.05. The van der Waals surface area contributed by atoms with Gasteiger partial charge in [0.2, 0.25) is 5.91 Å². The summed E-state index contributed by atoms with van der Waals surface area (Å²) in [5.74, 6) is 0.536. The van der Waals surface area contributed by atoms with Crippen LogP contribution in [0.4, 0.5) is 0 Å². The third kappa shape index (κ3) is 5.27. The number of aromatic nitrogens is 1. The first-order valence-electron chi connectivity index (χ1n) is 10.7. The lowest BCUT2D eigenvalue weighted by Gasteiger charge is -2.31. The zero-order valence-electron chi connectivity index (χ0n) is 17.3. The van der Waals surface area contributed by atoms with E-state index in [-0.39, 0.29) is 5.91 Å².